The molecule has 0 amide bonds. The fourth-order valence-electron chi connectivity index (χ4n) is 2.95. The van der Waals surface area contributed by atoms with Crippen molar-refractivity contribution in [3.05, 3.63) is 23.8 Å². The van der Waals surface area contributed by atoms with Gasteiger partial charge in [-0.15, -0.1) is 0 Å². The average Bonchev–Trinajstić information content (AvgIpc) is 2.83. The zero-order valence-corrected chi connectivity index (χ0v) is 9.74. The van der Waals surface area contributed by atoms with Crippen LogP contribution in [0.25, 0.3) is 0 Å². The Hall–Kier alpha value is -1.51. The predicted octanol–water partition coefficient (Wildman–Crippen LogP) is 2.39. The zero-order chi connectivity index (χ0) is 11.5. The summed E-state index contributed by atoms with van der Waals surface area (Å²) in [6.45, 7) is 2.17. The summed E-state index contributed by atoms with van der Waals surface area (Å²) in [6.07, 6.45) is 4.26. The molecule has 4 rings (SSSR count). The monoisotopic (exact) mass is 229 g/mol. The van der Waals surface area contributed by atoms with Crippen LogP contribution in [-0.4, -0.2) is 24.5 Å². The summed E-state index contributed by atoms with van der Waals surface area (Å²) in [6, 6.07) is 5.97. The maximum atomic E-state index is 12.2. The number of hydrogen-bond acceptors (Lipinski definition) is 3. The van der Waals surface area contributed by atoms with Crippen LogP contribution < -0.4 is 9.64 Å². The zero-order valence-electron chi connectivity index (χ0n) is 9.74. The Bertz CT molecular complexity index is 499. The Morgan fingerprint density at radius 3 is 2.65 bits per heavy atom. The van der Waals surface area contributed by atoms with Crippen LogP contribution >= 0.6 is 0 Å². The van der Waals surface area contributed by atoms with Crippen molar-refractivity contribution in [3.8, 4) is 5.75 Å². The Morgan fingerprint density at radius 2 is 1.94 bits per heavy atom. The molecule has 2 heterocycles. The van der Waals surface area contributed by atoms with E-state index in [1.54, 1.807) is 0 Å². The fourth-order valence-corrected chi connectivity index (χ4v) is 2.95. The van der Waals surface area contributed by atoms with Gasteiger partial charge in [-0.25, -0.2) is 0 Å². The summed E-state index contributed by atoms with van der Waals surface area (Å²) >= 11 is 0. The molecule has 88 valence electrons. The Labute approximate surface area is 100 Å². The molecule has 1 saturated carbocycles. The molecule has 3 aliphatic rings. The van der Waals surface area contributed by atoms with E-state index in [9.17, 15) is 4.79 Å². The van der Waals surface area contributed by atoms with Crippen LogP contribution in [0.4, 0.5) is 5.69 Å². The molecule has 0 unspecified atom stereocenters. The summed E-state index contributed by atoms with van der Waals surface area (Å²) < 4.78 is 5.97. The number of para-hydroxylation sites is 1. The Kier molecular flexibility index (Phi) is 1.70. The highest BCUT2D eigenvalue weighted by Gasteiger charge is 2.58. The minimum atomic E-state index is -0.460. The molecule has 1 aromatic rings. The second-order valence-corrected chi connectivity index (χ2v) is 5.27. The van der Waals surface area contributed by atoms with Gasteiger partial charge in [0.25, 0.3) is 0 Å². The van der Waals surface area contributed by atoms with Gasteiger partial charge < -0.3 is 9.64 Å². The summed E-state index contributed by atoms with van der Waals surface area (Å²) in [4.78, 5) is 14.5. The minimum Gasteiger partial charge on any atom is -0.476 e. The van der Waals surface area contributed by atoms with Crippen molar-refractivity contribution in [1.82, 2.24) is 0 Å². The van der Waals surface area contributed by atoms with E-state index < -0.39 is 5.60 Å². The largest absolute Gasteiger partial charge is 0.476 e. The maximum absolute atomic E-state index is 12.2. The molecule has 3 heteroatoms. The van der Waals surface area contributed by atoms with Crippen molar-refractivity contribution < 1.29 is 9.53 Å². The highest BCUT2D eigenvalue weighted by Crippen LogP contribution is 2.52. The molecule has 1 aliphatic carbocycles. The Balaban J connectivity index is 1.81. The molecule has 1 saturated heterocycles. The lowest BCUT2D eigenvalue weighted by atomic mass is 10.1. The molecule has 17 heavy (non-hydrogen) atoms. The van der Waals surface area contributed by atoms with Gasteiger partial charge in [0.15, 0.2) is 11.4 Å². The van der Waals surface area contributed by atoms with Gasteiger partial charge in [-0.3, -0.25) is 4.79 Å². The molecule has 2 aliphatic heterocycles. The molecule has 1 aromatic carbocycles. The number of carbonyl (C=O) groups excluding carboxylic acids is 1. The van der Waals surface area contributed by atoms with Gasteiger partial charge >= 0.3 is 0 Å². The molecule has 1 spiro atoms. The maximum Gasteiger partial charge on any atom is 0.210 e. The van der Waals surface area contributed by atoms with Crippen molar-refractivity contribution in [1.29, 1.82) is 0 Å². The van der Waals surface area contributed by atoms with Crippen LogP contribution in [0.3, 0.4) is 0 Å². The number of rotatable bonds is 1. The molecule has 2 fully saturated rings. The SMILES string of the molecule is O=C1c2cccc(N3CCCC3)c2OC12CC2. The molecule has 0 bridgehead atoms. The molecule has 0 aromatic heterocycles. The average molecular weight is 229 g/mol. The number of ketones is 1. The van der Waals surface area contributed by atoms with Crippen LogP contribution in [0, 0.1) is 0 Å². The molecule has 0 atom stereocenters. The van der Waals surface area contributed by atoms with Gasteiger partial charge in [0.1, 0.15) is 0 Å². The third kappa shape index (κ3) is 1.20. The smallest absolute Gasteiger partial charge is 0.210 e. The van der Waals surface area contributed by atoms with Gasteiger partial charge in [-0.05, 0) is 37.8 Å². The van der Waals surface area contributed by atoms with Gasteiger partial charge in [-0.1, -0.05) is 6.07 Å². The fraction of sp³-hybridized carbons (Fsp3) is 0.500. The van der Waals surface area contributed by atoms with Crippen molar-refractivity contribution in [2.75, 3.05) is 18.0 Å². The number of anilines is 1. The van der Waals surface area contributed by atoms with Gasteiger partial charge in [0.05, 0.1) is 11.3 Å². The minimum absolute atomic E-state index is 0.202. The van der Waals surface area contributed by atoms with E-state index in [2.05, 4.69) is 11.0 Å². The van der Waals surface area contributed by atoms with E-state index >= 15 is 0 Å². The van der Waals surface area contributed by atoms with Gasteiger partial charge in [-0.2, -0.15) is 0 Å². The van der Waals surface area contributed by atoms with Crippen LogP contribution in [0.15, 0.2) is 18.2 Å². The lowest BCUT2D eigenvalue weighted by Crippen LogP contribution is -2.22. The first kappa shape index (κ1) is 9.51. The highest BCUT2D eigenvalue weighted by atomic mass is 16.5. The second-order valence-electron chi connectivity index (χ2n) is 5.27. The van der Waals surface area contributed by atoms with E-state index in [1.165, 1.54) is 12.8 Å². The molecular weight excluding hydrogens is 214 g/mol. The first-order chi connectivity index (χ1) is 8.30. The predicted molar refractivity (Wildman–Crippen MR) is 64.8 cm³/mol. The topological polar surface area (TPSA) is 29.5 Å². The normalized spacial score (nSPS) is 24.0. The van der Waals surface area contributed by atoms with E-state index in [0.29, 0.717) is 0 Å². The van der Waals surface area contributed by atoms with Crippen LogP contribution in [0.1, 0.15) is 36.0 Å². The van der Waals surface area contributed by atoms with E-state index in [-0.39, 0.29) is 5.78 Å². The molecule has 0 N–H and O–H groups in total. The number of Topliss-reactive ketones (excluding diaryl/α,β-unsaturated/α-hetero) is 1. The highest BCUT2D eigenvalue weighted by molar-refractivity contribution is 6.10. The number of carbonyl (C=O) groups is 1. The van der Waals surface area contributed by atoms with Gasteiger partial charge in [0, 0.05) is 13.1 Å². The first-order valence-corrected chi connectivity index (χ1v) is 6.42. The van der Waals surface area contributed by atoms with Crippen molar-refractivity contribution in [2.24, 2.45) is 0 Å². The summed E-state index contributed by atoms with van der Waals surface area (Å²) in [5, 5.41) is 0. The lowest BCUT2D eigenvalue weighted by Gasteiger charge is -2.20. The number of hydrogen-bond donors (Lipinski definition) is 0. The Morgan fingerprint density at radius 1 is 1.18 bits per heavy atom. The number of ether oxygens (including phenoxy) is 1. The van der Waals surface area contributed by atoms with Crippen molar-refractivity contribution in [2.45, 2.75) is 31.3 Å². The van der Waals surface area contributed by atoms with E-state index in [1.807, 2.05) is 12.1 Å². The molecule has 0 radical (unpaired) electrons. The quantitative estimate of drug-likeness (QED) is 0.740. The third-order valence-corrected chi connectivity index (χ3v) is 4.10. The van der Waals surface area contributed by atoms with Crippen molar-refractivity contribution >= 4 is 11.5 Å². The number of fused-ring (bicyclic) bond motifs is 1. The number of benzene rings is 1. The summed E-state index contributed by atoms with van der Waals surface area (Å²) in [5.74, 6) is 1.05. The van der Waals surface area contributed by atoms with Crippen LogP contribution in [-0.2, 0) is 0 Å². The van der Waals surface area contributed by atoms with Crippen molar-refractivity contribution in [3.63, 3.8) is 0 Å². The molecular formula is C14H15NO2. The number of nitrogens with zero attached hydrogens (tertiary/aromatic N) is 1. The summed E-state index contributed by atoms with van der Waals surface area (Å²) in [5.41, 5.74) is 1.46. The third-order valence-electron chi connectivity index (χ3n) is 4.10. The van der Waals surface area contributed by atoms with Crippen LogP contribution in [0.5, 0.6) is 5.75 Å². The first-order valence-electron chi connectivity index (χ1n) is 6.42. The lowest BCUT2D eigenvalue weighted by molar-refractivity contribution is 0.0821. The standard InChI is InChI=1S/C14H15NO2/c16-13-10-4-3-5-11(15-8-1-2-9-15)12(10)17-14(13)6-7-14/h3-5H,1-2,6-9H2. The molecule has 3 nitrogen and oxygen atoms in total. The van der Waals surface area contributed by atoms with Crippen LogP contribution in [0.2, 0.25) is 0 Å². The van der Waals surface area contributed by atoms with Gasteiger partial charge in [0.2, 0.25) is 5.78 Å². The second kappa shape index (κ2) is 3.03. The van der Waals surface area contributed by atoms with E-state index in [4.69, 9.17) is 4.74 Å². The summed E-state index contributed by atoms with van der Waals surface area (Å²) in [7, 11) is 0. The van der Waals surface area contributed by atoms with E-state index in [0.717, 1.165) is 42.9 Å².